The molecule has 0 amide bonds. The van der Waals surface area contributed by atoms with Crippen molar-refractivity contribution in [3.8, 4) is 521 Å². The highest BCUT2D eigenvalue weighted by atomic mass is 79.9. The number of H-pyrrole nitrogens is 1. The van der Waals surface area contributed by atoms with Gasteiger partial charge in [-0.15, -0.1) is 6.42 Å². The molecule has 4 aromatic rings. The lowest BCUT2D eigenvalue weighted by atomic mass is 9.85. The van der Waals surface area contributed by atoms with E-state index in [2.05, 4.69) is 572 Å². The average Bonchev–Trinajstić information content (AvgIpc) is 1.66. The van der Waals surface area contributed by atoms with Gasteiger partial charge in [-0.1, -0.05) is 58.2 Å². The molecule has 1 N–H and O–H groups in total. The molecule has 2 aliphatic heterocycles. The Morgan fingerprint density at radius 2 is 0.622 bits per heavy atom. The van der Waals surface area contributed by atoms with E-state index in [4.69, 9.17) is 15.9 Å². The van der Waals surface area contributed by atoms with Gasteiger partial charge in [0.05, 0.1) is 7.11 Å². The Kier molecular flexibility index (Phi) is 47.0. The lowest BCUT2D eigenvalue weighted by Crippen LogP contribution is -2.39. The van der Waals surface area contributed by atoms with E-state index in [1.807, 2.05) is 18.2 Å². The summed E-state index contributed by atoms with van der Waals surface area (Å²) >= 11 is 3.60. The van der Waals surface area contributed by atoms with E-state index in [0.29, 0.717) is 12.6 Å². The molecule has 2 aliphatic rings. The number of methoxy groups -OCH3 is 1. The lowest BCUT2D eigenvalue weighted by Gasteiger charge is -2.40. The summed E-state index contributed by atoms with van der Waals surface area (Å²) in [5.41, 5.74) is 7.92. The Balaban J connectivity index is 0.000000638. The van der Waals surface area contributed by atoms with Gasteiger partial charge in [0.2, 0.25) is 0 Å². The number of hydrogen-bond donors (Lipinski definition) is 1. The fraction of sp³-hybridized carbons (Fsp3) is 0.0702. The first kappa shape index (κ1) is 88.0. The second kappa shape index (κ2) is 63.6. The number of fused-ring (bicyclic) bond motifs is 6. The fourth-order valence-corrected chi connectivity index (χ4v) is 8.24. The molecule has 1 atom stereocenters. The molecule has 6 rings (SSSR count). The molecular formula is C114H29BrN2O2. The molecule has 0 fully saturated rings. The highest BCUT2D eigenvalue weighted by Crippen LogP contribution is 2.44. The topological polar surface area (TPSA) is 37.5 Å². The van der Waals surface area contributed by atoms with Crippen LogP contribution >= 0.6 is 15.9 Å². The highest BCUT2D eigenvalue weighted by Gasteiger charge is 2.35. The second-order valence-corrected chi connectivity index (χ2v) is 20.4. The van der Waals surface area contributed by atoms with E-state index in [-0.39, 0.29) is 0 Å². The quantitative estimate of drug-likeness (QED) is 0.225. The van der Waals surface area contributed by atoms with Crippen molar-refractivity contribution < 1.29 is 9.47 Å². The first-order valence-electron chi connectivity index (χ1n) is 32.9. The molecule has 0 bridgehead atoms. The number of terminal acetylenes is 1. The van der Waals surface area contributed by atoms with E-state index < -0.39 is 0 Å². The number of nitrogens with one attached hydrogen (secondary N) is 1. The maximum atomic E-state index is 6.18. The zero-order valence-corrected chi connectivity index (χ0v) is 63.7. The molecule has 0 saturated heterocycles. The van der Waals surface area contributed by atoms with Crippen LogP contribution < -0.4 is 9.47 Å². The van der Waals surface area contributed by atoms with Crippen LogP contribution in [-0.2, 0) is 26.0 Å². The van der Waals surface area contributed by atoms with Gasteiger partial charge in [0.1, 0.15) is 6.61 Å². The third-order valence-corrected chi connectivity index (χ3v) is 12.7. The third-order valence-electron chi connectivity index (χ3n) is 12.2. The van der Waals surface area contributed by atoms with Crippen molar-refractivity contribution in [2.24, 2.45) is 0 Å². The van der Waals surface area contributed by atoms with Crippen LogP contribution in [-0.4, -0.2) is 23.5 Å². The summed E-state index contributed by atoms with van der Waals surface area (Å²) in [6.07, 6.45) is 6.99. The van der Waals surface area contributed by atoms with Crippen molar-refractivity contribution in [1.29, 1.82) is 0 Å². The number of benzene rings is 3. The van der Waals surface area contributed by atoms with Gasteiger partial charge in [-0.25, -0.2) is 0 Å². The van der Waals surface area contributed by atoms with Gasteiger partial charge in [0.25, 0.3) is 0 Å². The summed E-state index contributed by atoms with van der Waals surface area (Å²) in [6, 6.07) is 21.6. The van der Waals surface area contributed by atoms with Gasteiger partial charge in [0.15, 0.2) is 11.5 Å². The van der Waals surface area contributed by atoms with Crippen molar-refractivity contribution >= 4 is 26.8 Å². The van der Waals surface area contributed by atoms with Crippen LogP contribution in [0.4, 0.5) is 0 Å². The molecule has 0 aliphatic carbocycles. The van der Waals surface area contributed by atoms with E-state index in [1.54, 1.807) is 14.0 Å². The SMILES string of the molecule is C#CC#CC#CC#CC#CC#CC#CC#CC#CC#CC#CC#CC#CC#CC#CC#CC#CC#CC#CC#CC#CC#CC#CC#CC#CC#CC#CC#CC#CC#CC#CC#CC#CC#CC#CC#CC#CC#CC#CC#CC#CC#CC#CC.COc1cc2c(cc1OCc1ccccc1)CCN1Cc3[nH]c4cc(Br)ccc4c3CC21. The minimum Gasteiger partial charge on any atom is -0.493 e. The second-order valence-electron chi connectivity index (χ2n) is 19.5. The van der Waals surface area contributed by atoms with Gasteiger partial charge in [-0.05, 0) is 161 Å². The van der Waals surface area contributed by atoms with Gasteiger partial charge in [-0.2, -0.15) is 0 Å². The molecule has 0 spiro atoms. The number of nitrogens with zero attached hydrogens (tertiary/aromatic N) is 1. The molecule has 514 valence electrons. The molecule has 119 heavy (non-hydrogen) atoms. The first-order valence-corrected chi connectivity index (χ1v) is 33.7. The van der Waals surface area contributed by atoms with Crippen molar-refractivity contribution in [3.05, 3.63) is 93.1 Å². The van der Waals surface area contributed by atoms with Crippen LogP contribution in [0.3, 0.4) is 0 Å². The largest absolute Gasteiger partial charge is 0.493 e. The number of aromatic nitrogens is 1. The minimum absolute atomic E-state index is 0.367. The predicted molar refractivity (Wildman–Crippen MR) is 471 cm³/mol. The zero-order valence-electron chi connectivity index (χ0n) is 62.1. The van der Waals surface area contributed by atoms with Gasteiger partial charge < -0.3 is 14.5 Å². The van der Waals surface area contributed by atoms with Gasteiger partial charge >= 0.3 is 0 Å². The van der Waals surface area contributed by atoms with Crippen molar-refractivity contribution in [2.75, 3.05) is 13.7 Å². The molecule has 4 nitrogen and oxygen atoms in total. The number of hydrogen-bond acceptors (Lipinski definition) is 3. The van der Waals surface area contributed by atoms with Crippen LogP contribution in [0.2, 0.25) is 0 Å². The maximum Gasteiger partial charge on any atom is 0.161 e. The molecule has 5 heteroatoms. The Morgan fingerprint density at radius 3 is 0.891 bits per heavy atom. The van der Waals surface area contributed by atoms with Crippen LogP contribution in [0.15, 0.2) is 65.1 Å². The van der Waals surface area contributed by atoms with Crippen LogP contribution in [0.1, 0.15) is 40.9 Å². The van der Waals surface area contributed by atoms with Crippen molar-refractivity contribution in [3.63, 3.8) is 0 Å². The Bertz CT molecular complexity index is 8010. The molecule has 3 aromatic carbocycles. The molecule has 1 unspecified atom stereocenters. The van der Waals surface area contributed by atoms with Crippen LogP contribution in [0.25, 0.3) is 10.9 Å². The van der Waals surface area contributed by atoms with Crippen molar-refractivity contribution in [2.45, 2.75) is 39.0 Å². The number of aromatic amines is 1. The van der Waals surface area contributed by atoms with E-state index in [0.717, 1.165) is 47.5 Å². The third kappa shape index (κ3) is 44.1. The predicted octanol–water partition coefficient (Wildman–Crippen LogP) is 6.96. The molecule has 0 radical (unpaired) electrons. The first-order chi connectivity index (χ1) is 59.1. The molecule has 3 heterocycles. The Morgan fingerprint density at radius 1 is 0.345 bits per heavy atom. The smallest absolute Gasteiger partial charge is 0.161 e. The van der Waals surface area contributed by atoms with Crippen LogP contribution in [0, 0.1) is 510 Å². The van der Waals surface area contributed by atoms with E-state index in [1.165, 1.54) is 33.3 Å². The zero-order chi connectivity index (χ0) is 83.8. The minimum atomic E-state index is 0.367. The molecule has 0 saturated carbocycles. The van der Waals surface area contributed by atoms with E-state index in [9.17, 15) is 0 Å². The summed E-state index contributed by atoms with van der Waals surface area (Å²) in [5.74, 6) is 214. The maximum absolute atomic E-state index is 6.18. The van der Waals surface area contributed by atoms with Gasteiger partial charge in [-0.3, -0.25) is 4.90 Å². The van der Waals surface area contributed by atoms with E-state index >= 15 is 0 Å². The standard InChI is InChI=1S/C87H4.C27H25BrN2O2/c1-3-5-7-9-11-13-15-17-19-21-23-25-27-29-31-33-35-37-39-41-43-45-47-49-51-53-55-57-59-61-63-65-67-69-71-73-75-77-79-81-83-85-87-86-84-82-80-78-76-74-72-70-68-66-64-62-60-58-56-54-52-50-48-46-44-42-40-38-36-34-32-30-28-26-24-22-20-18-16-14-12-10-8-6-4-2;1-31-26-14-21-18(11-27(26)32-16-17-5-3-2-4-6-17)9-10-30-15-24-22(13-25(21)30)20-8-7-19(28)12-23(20)29-24/h1H,2H3;2-8,11-12,14,25,29H,9-10,13,15-16H2,1H3. The van der Waals surface area contributed by atoms with Crippen LogP contribution in [0.5, 0.6) is 11.5 Å². The molecule has 1 aromatic heterocycles. The summed E-state index contributed by atoms with van der Waals surface area (Å²) < 4.78 is 13.1. The Labute approximate surface area is 708 Å². The Hall–Kier alpha value is -21.7. The number of ether oxygens (including phenoxy) is 2. The highest BCUT2D eigenvalue weighted by molar-refractivity contribution is 9.10. The van der Waals surface area contributed by atoms with Crippen molar-refractivity contribution in [1.82, 2.24) is 9.88 Å². The fourth-order valence-electron chi connectivity index (χ4n) is 7.88. The normalized spacial score (nSPS) is 7.60. The summed E-state index contributed by atoms with van der Waals surface area (Å²) in [6.45, 7) is 4.24. The monoisotopic (exact) mass is 1540 g/mol. The molecular weight excluding hydrogens is 1510 g/mol. The summed E-state index contributed by atoms with van der Waals surface area (Å²) in [5, 5.41) is 1.34. The number of halogens is 1. The number of rotatable bonds is 4. The lowest BCUT2D eigenvalue weighted by molar-refractivity contribution is 0.158. The summed E-state index contributed by atoms with van der Waals surface area (Å²) in [7, 11) is 1.73. The average molecular weight is 1540 g/mol. The summed E-state index contributed by atoms with van der Waals surface area (Å²) in [4.78, 5) is 6.26. The van der Waals surface area contributed by atoms with Gasteiger partial charge in [0, 0.05) is 443 Å².